The van der Waals surface area contributed by atoms with E-state index in [-0.39, 0.29) is 5.75 Å². The minimum Gasteiger partial charge on any atom is -0.456 e. The van der Waals surface area contributed by atoms with Crippen molar-refractivity contribution in [2.75, 3.05) is 0 Å². The van der Waals surface area contributed by atoms with Gasteiger partial charge in [0, 0.05) is 18.7 Å². The molecule has 112 valence electrons. The highest BCUT2D eigenvalue weighted by atomic mass is 79.9. The molecular formula is C16H16BrF2NO. The van der Waals surface area contributed by atoms with E-state index < -0.39 is 11.6 Å². The average Bonchev–Trinajstić information content (AvgIpc) is 2.43. The molecule has 2 nitrogen and oxygen atoms in total. The molecule has 1 N–H and O–H groups in total. The molecule has 0 aliphatic heterocycles. The van der Waals surface area contributed by atoms with Crippen molar-refractivity contribution < 1.29 is 13.5 Å². The van der Waals surface area contributed by atoms with Gasteiger partial charge in [0.2, 0.25) is 0 Å². The lowest BCUT2D eigenvalue weighted by molar-refractivity contribution is 0.459. The standard InChI is InChI=1S/C16H16BrF2NO/c1-10(2)20-9-11-3-6-16(13(17)7-11)21-12-4-5-14(18)15(19)8-12/h3-8,10,20H,9H2,1-2H3. The Kier molecular flexibility index (Phi) is 5.31. The summed E-state index contributed by atoms with van der Waals surface area (Å²) in [7, 11) is 0. The van der Waals surface area contributed by atoms with Crippen LogP contribution >= 0.6 is 15.9 Å². The summed E-state index contributed by atoms with van der Waals surface area (Å²) in [6.45, 7) is 4.91. The second-order valence-corrected chi connectivity index (χ2v) is 5.83. The second kappa shape index (κ2) is 7.00. The van der Waals surface area contributed by atoms with Crippen LogP contribution in [0.2, 0.25) is 0 Å². The lowest BCUT2D eigenvalue weighted by Crippen LogP contribution is -2.21. The molecule has 0 amide bonds. The van der Waals surface area contributed by atoms with Gasteiger partial charge in [-0.05, 0) is 45.8 Å². The molecule has 0 bridgehead atoms. The third-order valence-electron chi connectivity index (χ3n) is 2.83. The maximum absolute atomic E-state index is 13.1. The Morgan fingerprint density at radius 3 is 2.48 bits per heavy atom. The van der Waals surface area contributed by atoms with Crippen LogP contribution in [0.5, 0.6) is 11.5 Å². The van der Waals surface area contributed by atoms with Crippen molar-refractivity contribution in [3.05, 3.63) is 58.1 Å². The lowest BCUT2D eigenvalue weighted by Gasteiger charge is -2.11. The molecule has 0 aromatic heterocycles. The number of hydrogen-bond acceptors (Lipinski definition) is 2. The first-order valence-electron chi connectivity index (χ1n) is 6.60. The van der Waals surface area contributed by atoms with Gasteiger partial charge in [-0.3, -0.25) is 0 Å². The molecule has 0 heterocycles. The summed E-state index contributed by atoms with van der Waals surface area (Å²) < 4.78 is 32.3. The van der Waals surface area contributed by atoms with Crippen LogP contribution in [0.25, 0.3) is 0 Å². The van der Waals surface area contributed by atoms with Crippen LogP contribution in [-0.2, 0) is 6.54 Å². The molecule has 0 atom stereocenters. The molecule has 21 heavy (non-hydrogen) atoms. The SMILES string of the molecule is CC(C)NCc1ccc(Oc2ccc(F)c(F)c2)c(Br)c1. The van der Waals surface area contributed by atoms with Gasteiger partial charge in [-0.1, -0.05) is 19.9 Å². The molecule has 2 aromatic rings. The number of halogens is 3. The van der Waals surface area contributed by atoms with Crippen LogP contribution in [0, 0.1) is 11.6 Å². The number of rotatable bonds is 5. The van der Waals surface area contributed by atoms with E-state index in [1.165, 1.54) is 6.07 Å². The number of hydrogen-bond donors (Lipinski definition) is 1. The van der Waals surface area contributed by atoms with E-state index in [0.29, 0.717) is 11.8 Å². The van der Waals surface area contributed by atoms with Crippen molar-refractivity contribution in [1.29, 1.82) is 0 Å². The van der Waals surface area contributed by atoms with Gasteiger partial charge in [-0.2, -0.15) is 0 Å². The number of ether oxygens (including phenoxy) is 1. The van der Waals surface area contributed by atoms with Gasteiger partial charge < -0.3 is 10.1 Å². The number of nitrogens with one attached hydrogen (secondary N) is 1. The molecule has 0 saturated carbocycles. The van der Waals surface area contributed by atoms with E-state index in [0.717, 1.165) is 28.7 Å². The van der Waals surface area contributed by atoms with E-state index in [1.54, 1.807) is 6.07 Å². The van der Waals surface area contributed by atoms with Gasteiger partial charge in [0.15, 0.2) is 11.6 Å². The number of benzene rings is 2. The van der Waals surface area contributed by atoms with Crippen LogP contribution in [0.1, 0.15) is 19.4 Å². The van der Waals surface area contributed by atoms with Crippen LogP contribution < -0.4 is 10.1 Å². The molecule has 2 rings (SSSR count). The molecular weight excluding hydrogens is 340 g/mol. The molecule has 5 heteroatoms. The van der Waals surface area contributed by atoms with Gasteiger partial charge in [0.05, 0.1) is 4.47 Å². The summed E-state index contributed by atoms with van der Waals surface area (Å²) >= 11 is 3.42. The third kappa shape index (κ3) is 4.51. The molecule has 0 unspecified atom stereocenters. The highest BCUT2D eigenvalue weighted by Crippen LogP contribution is 2.31. The minimum absolute atomic E-state index is 0.252. The predicted molar refractivity (Wildman–Crippen MR) is 82.5 cm³/mol. The van der Waals surface area contributed by atoms with Crippen molar-refractivity contribution in [2.24, 2.45) is 0 Å². The Morgan fingerprint density at radius 1 is 1.10 bits per heavy atom. The summed E-state index contributed by atoms with van der Waals surface area (Å²) in [5.74, 6) is -1.02. The Balaban J connectivity index is 2.11. The Labute approximate surface area is 131 Å². The fourth-order valence-corrected chi connectivity index (χ4v) is 2.23. The molecule has 0 radical (unpaired) electrons. The van der Waals surface area contributed by atoms with Crippen LogP contribution in [0.15, 0.2) is 40.9 Å². The van der Waals surface area contributed by atoms with E-state index in [4.69, 9.17) is 4.74 Å². The molecule has 0 fully saturated rings. The molecule has 0 saturated heterocycles. The highest BCUT2D eigenvalue weighted by Gasteiger charge is 2.07. The van der Waals surface area contributed by atoms with Gasteiger partial charge in [-0.25, -0.2) is 8.78 Å². The first-order valence-corrected chi connectivity index (χ1v) is 7.39. The quantitative estimate of drug-likeness (QED) is 0.813. The van der Waals surface area contributed by atoms with Crippen molar-refractivity contribution in [2.45, 2.75) is 26.4 Å². The fourth-order valence-electron chi connectivity index (χ4n) is 1.73. The summed E-state index contributed by atoms with van der Waals surface area (Å²) in [5, 5.41) is 3.32. The Hall–Kier alpha value is -1.46. The smallest absolute Gasteiger partial charge is 0.162 e. The van der Waals surface area contributed by atoms with Gasteiger partial charge in [0.25, 0.3) is 0 Å². The second-order valence-electron chi connectivity index (χ2n) is 4.98. The maximum Gasteiger partial charge on any atom is 0.162 e. The first-order chi connectivity index (χ1) is 9.95. The lowest BCUT2D eigenvalue weighted by atomic mass is 10.2. The highest BCUT2D eigenvalue weighted by molar-refractivity contribution is 9.10. The summed E-state index contributed by atoms with van der Waals surface area (Å²) in [6.07, 6.45) is 0. The van der Waals surface area contributed by atoms with Crippen molar-refractivity contribution in [1.82, 2.24) is 5.32 Å². The van der Waals surface area contributed by atoms with Crippen LogP contribution in [0.3, 0.4) is 0 Å². The normalized spacial score (nSPS) is 11.0. The monoisotopic (exact) mass is 355 g/mol. The van der Waals surface area contributed by atoms with Gasteiger partial charge >= 0.3 is 0 Å². The molecule has 0 spiro atoms. The molecule has 2 aromatic carbocycles. The average molecular weight is 356 g/mol. The van der Waals surface area contributed by atoms with E-state index in [2.05, 4.69) is 35.1 Å². The zero-order chi connectivity index (χ0) is 15.4. The predicted octanol–water partition coefficient (Wildman–Crippen LogP) is 5.02. The van der Waals surface area contributed by atoms with Crippen LogP contribution in [-0.4, -0.2) is 6.04 Å². The topological polar surface area (TPSA) is 21.3 Å². The zero-order valence-corrected chi connectivity index (χ0v) is 13.4. The largest absolute Gasteiger partial charge is 0.456 e. The van der Waals surface area contributed by atoms with Crippen molar-refractivity contribution >= 4 is 15.9 Å². The minimum atomic E-state index is -0.929. The van der Waals surface area contributed by atoms with Crippen molar-refractivity contribution in [3.8, 4) is 11.5 Å². The van der Waals surface area contributed by atoms with Crippen molar-refractivity contribution in [3.63, 3.8) is 0 Å². The zero-order valence-electron chi connectivity index (χ0n) is 11.8. The summed E-state index contributed by atoms with van der Waals surface area (Å²) in [6, 6.07) is 9.51. The summed E-state index contributed by atoms with van der Waals surface area (Å²) in [4.78, 5) is 0. The fraction of sp³-hybridized carbons (Fsp3) is 0.250. The Morgan fingerprint density at radius 2 is 1.86 bits per heavy atom. The molecule has 0 aliphatic rings. The third-order valence-corrected chi connectivity index (χ3v) is 3.45. The van der Waals surface area contributed by atoms with Crippen LogP contribution in [0.4, 0.5) is 8.78 Å². The van der Waals surface area contributed by atoms with Gasteiger partial charge in [0.1, 0.15) is 11.5 Å². The Bertz CT molecular complexity index is 632. The van der Waals surface area contributed by atoms with E-state index in [1.807, 2.05) is 12.1 Å². The van der Waals surface area contributed by atoms with Gasteiger partial charge in [-0.15, -0.1) is 0 Å². The summed E-state index contributed by atoms with van der Waals surface area (Å²) in [5.41, 5.74) is 1.10. The maximum atomic E-state index is 13.1. The molecule has 0 aliphatic carbocycles. The van der Waals surface area contributed by atoms with E-state index >= 15 is 0 Å². The first kappa shape index (κ1) is 15.9. The van der Waals surface area contributed by atoms with E-state index in [9.17, 15) is 8.78 Å².